The van der Waals surface area contributed by atoms with Gasteiger partial charge in [-0.05, 0) is 19.1 Å². The molecule has 1 aromatic rings. The van der Waals surface area contributed by atoms with Crippen LogP contribution in [0.3, 0.4) is 0 Å². The minimum absolute atomic E-state index is 0.0837. The Morgan fingerprint density at radius 3 is 2.14 bits per heavy atom. The van der Waals surface area contributed by atoms with Crippen LogP contribution in [0.2, 0.25) is 0 Å². The van der Waals surface area contributed by atoms with Crippen molar-refractivity contribution < 1.29 is 28.5 Å². The number of rotatable bonds is 5. The van der Waals surface area contributed by atoms with Crippen molar-refractivity contribution in [1.82, 2.24) is 0 Å². The van der Waals surface area contributed by atoms with E-state index in [1.54, 1.807) is 12.1 Å². The van der Waals surface area contributed by atoms with Crippen LogP contribution in [0, 0.1) is 5.92 Å². The van der Waals surface area contributed by atoms with Crippen LogP contribution < -0.4 is 14.2 Å². The number of ether oxygens (including phenoxy) is 4. The van der Waals surface area contributed by atoms with Gasteiger partial charge in [-0.1, -0.05) is 0 Å². The smallest absolute Gasteiger partial charge is 0.307 e. The van der Waals surface area contributed by atoms with Gasteiger partial charge >= 0.3 is 5.97 Å². The molecule has 1 saturated heterocycles. The molecule has 114 valence electrons. The monoisotopic (exact) mass is 294 g/mol. The van der Waals surface area contributed by atoms with Crippen molar-refractivity contribution in [3.05, 3.63) is 17.7 Å². The lowest BCUT2D eigenvalue weighted by Gasteiger charge is -2.19. The number of cyclic esters (lactones) is 1. The van der Waals surface area contributed by atoms with Gasteiger partial charge in [-0.2, -0.15) is 0 Å². The molecule has 2 rings (SSSR count). The maximum Gasteiger partial charge on any atom is 0.307 e. The van der Waals surface area contributed by atoms with Crippen LogP contribution in [0.1, 0.15) is 25.0 Å². The zero-order valence-corrected chi connectivity index (χ0v) is 12.5. The lowest BCUT2D eigenvalue weighted by Crippen LogP contribution is -2.15. The van der Waals surface area contributed by atoms with Crippen molar-refractivity contribution in [2.75, 3.05) is 21.3 Å². The Bertz CT molecular complexity index is 540. The fourth-order valence-electron chi connectivity index (χ4n) is 2.48. The number of hydrogen-bond acceptors (Lipinski definition) is 6. The predicted molar refractivity (Wildman–Crippen MR) is 73.7 cm³/mol. The molecule has 21 heavy (non-hydrogen) atoms. The second kappa shape index (κ2) is 6.03. The van der Waals surface area contributed by atoms with E-state index in [1.165, 1.54) is 28.3 Å². The topological polar surface area (TPSA) is 71.1 Å². The minimum Gasteiger partial charge on any atom is -0.493 e. The van der Waals surface area contributed by atoms with E-state index < -0.39 is 12.0 Å². The van der Waals surface area contributed by atoms with Gasteiger partial charge in [0, 0.05) is 5.56 Å². The molecule has 0 radical (unpaired) electrons. The van der Waals surface area contributed by atoms with Gasteiger partial charge < -0.3 is 18.9 Å². The molecule has 0 bridgehead atoms. The van der Waals surface area contributed by atoms with E-state index in [-0.39, 0.29) is 18.2 Å². The number of ketones is 1. The molecular formula is C15H18O6. The van der Waals surface area contributed by atoms with Crippen molar-refractivity contribution in [3.8, 4) is 17.2 Å². The van der Waals surface area contributed by atoms with Crippen LogP contribution in [0.4, 0.5) is 0 Å². The summed E-state index contributed by atoms with van der Waals surface area (Å²) in [7, 11) is 4.52. The normalized spacial score (nSPS) is 20.9. The van der Waals surface area contributed by atoms with Gasteiger partial charge in [0.1, 0.15) is 11.9 Å². The van der Waals surface area contributed by atoms with Crippen molar-refractivity contribution >= 4 is 11.8 Å². The fraction of sp³-hybridized carbons (Fsp3) is 0.467. The van der Waals surface area contributed by atoms with E-state index in [9.17, 15) is 9.59 Å². The largest absolute Gasteiger partial charge is 0.493 e. The highest BCUT2D eigenvalue weighted by Gasteiger charge is 2.39. The van der Waals surface area contributed by atoms with E-state index >= 15 is 0 Å². The van der Waals surface area contributed by atoms with Crippen LogP contribution in [-0.4, -0.2) is 33.1 Å². The van der Waals surface area contributed by atoms with Crippen LogP contribution in [0.25, 0.3) is 0 Å². The number of carbonyl (C=O) groups is 2. The summed E-state index contributed by atoms with van der Waals surface area (Å²) < 4.78 is 21.1. The maximum absolute atomic E-state index is 11.7. The Morgan fingerprint density at radius 2 is 1.71 bits per heavy atom. The van der Waals surface area contributed by atoms with Gasteiger partial charge in [-0.15, -0.1) is 0 Å². The second-order valence-electron chi connectivity index (χ2n) is 4.79. The summed E-state index contributed by atoms with van der Waals surface area (Å²) in [5.41, 5.74) is 0.649. The molecule has 0 spiro atoms. The molecule has 2 atom stereocenters. The molecule has 6 heteroatoms. The number of hydrogen-bond donors (Lipinski definition) is 0. The van der Waals surface area contributed by atoms with E-state index in [0.717, 1.165) is 0 Å². The zero-order valence-electron chi connectivity index (χ0n) is 12.5. The van der Waals surface area contributed by atoms with Gasteiger partial charge in [-0.25, -0.2) is 0 Å². The molecular weight excluding hydrogens is 276 g/mol. The molecule has 0 aliphatic carbocycles. The van der Waals surface area contributed by atoms with Gasteiger partial charge in [0.25, 0.3) is 0 Å². The molecule has 0 N–H and O–H groups in total. The third kappa shape index (κ3) is 2.79. The Labute approximate surface area is 122 Å². The number of benzene rings is 1. The summed E-state index contributed by atoms with van der Waals surface area (Å²) in [6.45, 7) is 1.46. The third-order valence-electron chi connectivity index (χ3n) is 3.55. The highest BCUT2D eigenvalue weighted by atomic mass is 16.6. The number of methoxy groups -OCH3 is 3. The summed E-state index contributed by atoms with van der Waals surface area (Å²) in [5, 5.41) is 0. The Kier molecular flexibility index (Phi) is 4.35. The summed E-state index contributed by atoms with van der Waals surface area (Å²) in [6.07, 6.45) is -0.528. The number of Topliss-reactive ketones (excluding diaryl/α,β-unsaturated/α-hetero) is 1. The second-order valence-corrected chi connectivity index (χ2v) is 4.79. The van der Waals surface area contributed by atoms with Crippen LogP contribution in [-0.2, 0) is 14.3 Å². The maximum atomic E-state index is 11.7. The van der Waals surface area contributed by atoms with Crippen LogP contribution >= 0.6 is 0 Å². The highest BCUT2D eigenvalue weighted by Crippen LogP contribution is 2.44. The van der Waals surface area contributed by atoms with Gasteiger partial charge in [0.2, 0.25) is 5.75 Å². The zero-order chi connectivity index (χ0) is 15.6. The lowest BCUT2D eigenvalue weighted by atomic mass is 9.92. The van der Waals surface area contributed by atoms with Crippen molar-refractivity contribution in [3.63, 3.8) is 0 Å². The number of esters is 1. The Hall–Kier alpha value is -2.24. The SMILES string of the molecule is COc1cc(C2OC(=O)CC2C(C)=O)cc(OC)c1OC. The summed E-state index contributed by atoms with van der Waals surface area (Å²) >= 11 is 0. The molecule has 1 fully saturated rings. The minimum atomic E-state index is -0.622. The quantitative estimate of drug-likeness (QED) is 0.772. The van der Waals surface area contributed by atoms with E-state index in [4.69, 9.17) is 18.9 Å². The first-order valence-electron chi connectivity index (χ1n) is 6.51. The highest BCUT2D eigenvalue weighted by molar-refractivity contribution is 5.87. The molecule has 2 unspecified atom stereocenters. The predicted octanol–water partition coefficient (Wildman–Crippen LogP) is 1.91. The van der Waals surface area contributed by atoms with Crippen LogP contribution in [0.15, 0.2) is 12.1 Å². The molecule has 1 heterocycles. The molecule has 0 saturated carbocycles. The summed E-state index contributed by atoms with van der Waals surface area (Å²) in [5.74, 6) is 0.413. The Morgan fingerprint density at radius 1 is 1.14 bits per heavy atom. The summed E-state index contributed by atoms with van der Waals surface area (Å²) in [6, 6.07) is 3.39. The average molecular weight is 294 g/mol. The molecule has 1 aromatic carbocycles. The van der Waals surface area contributed by atoms with Gasteiger partial charge in [-0.3, -0.25) is 9.59 Å². The molecule has 0 aromatic heterocycles. The van der Waals surface area contributed by atoms with Gasteiger partial charge in [0.05, 0.1) is 33.7 Å². The first kappa shape index (κ1) is 15.2. The molecule has 1 aliphatic rings. The first-order chi connectivity index (χ1) is 10.0. The summed E-state index contributed by atoms with van der Waals surface area (Å²) in [4.78, 5) is 23.2. The molecule has 1 aliphatic heterocycles. The Balaban J connectivity index is 2.48. The van der Waals surface area contributed by atoms with Crippen molar-refractivity contribution in [1.29, 1.82) is 0 Å². The standard InChI is InChI=1S/C15H18O6/c1-8(16)10-7-13(17)21-14(10)9-5-11(18-2)15(20-4)12(6-9)19-3/h5-6,10,14H,7H2,1-4H3. The number of carbonyl (C=O) groups excluding carboxylic acids is 2. The van der Waals surface area contributed by atoms with Crippen molar-refractivity contribution in [2.45, 2.75) is 19.4 Å². The fourth-order valence-corrected chi connectivity index (χ4v) is 2.48. The third-order valence-corrected chi connectivity index (χ3v) is 3.55. The lowest BCUT2D eigenvalue weighted by molar-refractivity contribution is -0.141. The van der Waals surface area contributed by atoms with E-state index in [0.29, 0.717) is 22.8 Å². The molecule has 0 amide bonds. The average Bonchev–Trinajstić information content (AvgIpc) is 2.87. The van der Waals surface area contributed by atoms with Gasteiger partial charge in [0.15, 0.2) is 11.5 Å². The van der Waals surface area contributed by atoms with Crippen LogP contribution in [0.5, 0.6) is 17.2 Å². The van der Waals surface area contributed by atoms with Crippen molar-refractivity contribution in [2.24, 2.45) is 5.92 Å². The first-order valence-corrected chi connectivity index (χ1v) is 6.51. The molecule has 6 nitrogen and oxygen atoms in total. The van der Waals surface area contributed by atoms with E-state index in [2.05, 4.69) is 0 Å². The van der Waals surface area contributed by atoms with E-state index in [1.807, 2.05) is 0 Å².